The zero-order valence-corrected chi connectivity index (χ0v) is 11.1. The lowest BCUT2D eigenvalue weighted by molar-refractivity contribution is -0.120. The fourth-order valence-electron chi connectivity index (χ4n) is 1.45. The Kier molecular flexibility index (Phi) is 6.48. The standard InChI is InChI=1S/C11H22N2O2S/c1-4-11(10(13)15,6-5-8(2)3)16-7-9(12)14/h8H,4-7H2,1-3H3,(H2,12,14)(H2,13,15)/t11-/m1/s1. The molecule has 1 atom stereocenters. The smallest absolute Gasteiger partial charge is 0.233 e. The number of primary amides is 2. The minimum Gasteiger partial charge on any atom is -0.369 e. The van der Waals surface area contributed by atoms with Gasteiger partial charge in [-0.2, -0.15) is 0 Å². The van der Waals surface area contributed by atoms with Gasteiger partial charge >= 0.3 is 0 Å². The predicted octanol–water partition coefficient (Wildman–Crippen LogP) is 1.28. The predicted molar refractivity (Wildman–Crippen MR) is 67.9 cm³/mol. The molecule has 16 heavy (non-hydrogen) atoms. The highest BCUT2D eigenvalue weighted by molar-refractivity contribution is 8.02. The molecule has 0 aliphatic heterocycles. The Labute approximate surface area is 102 Å². The fraction of sp³-hybridized carbons (Fsp3) is 0.818. The van der Waals surface area contributed by atoms with Crippen molar-refractivity contribution in [3.05, 3.63) is 0 Å². The van der Waals surface area contributed by atoms with E-state index in [-0.39, 0.29) is 11.7 Å². The van der Waals surface area contributed by atoms with Gasteiger partial charge in [-0.15, -0.1) is 11.8 Å². The molecule has 94 valence electrons. The lowest BCUT2D eigenvalue weighted by Gasteiger charge is -2.29. The maximum atomic E-state index is 11.5. The van der Waals surface area contributed by atoms with Gasteiger partial charge in [-0.05, 0) is 25.2 Å². The van der Waals surface area contributed by atoms with Gasteiger partial charge in [0, 0.05) is 0 Å². The minimum atomic E-state index is -0.640. The molecule has 0 radical (unpaired) electrons. The SMILES string of the molecule is CC[C@](CCC(C)C)(SCC(N)=O)C(N)=O. The lowest BCUT2D eigenvalue weighted by Crippen LogP contribution is -2.41. The van der Waals surface area contributed by atoms with Crippen LogP contribution in [-0.4, -0.2) is 22.3 Å². The van der Waals surface area contributed by atoms with E-state index >= 15 is 0 Å². The van der Waals surface area contributed by atoms with Crippen LogP contribution in [0.2, 0.25) is 0 Å². The molecule has 0 bridgehead atoms. The van der Waals surface area contributed by atoms with Crippen LogP contribution < -0.4 is 11.5 Å². The van der Waals surface area contributed by atoms with Crippen LogP contribution in [0, 0.1) is 5.92 Å². The summed E-state index contributed by atoms with van der Waals surface area (Å²) in [5, 5.41) is 0. The second-order valence-electron chi connectivity index (χ2n) is 4.40. The van der Waals surface area contributed by atoms with Crippen LogP contribution >= 0.6 is 11.8 Å². The van der Waals surface area contributed by atoms with Crippen LogP contribution in [0.25, 0.3) is 0 Å². The van der Waals surface area contributed by atoms with Gasteiger partial charge in [-0.3, -0.25) is 9.59 Å². The molecule has 0 aliphatic rings. The molecule has 2 amide bonds. The molecule has 0 aliphatic carbocycles. The zero-order valence-electron chi connectivity index (χ0n) is 10.3. The van der Waals surface area contributed by atoms with Crippen LogP contribution in [0.3, 0.4) is 0 Å². The first kappa shape index (κ1) is 15.3. The summed E-state index contributed by atoms with van der Waals surface area (Å²) in [4.78, 5) is 22.3. The normalized spacial score (nSPS) is 14.8. The molecule has 0 aromatic heterocycles. The van der Waals surface area contributed by atoms with Crippen molar-refractivity contribution in [3.8, 4) is 0 Å². The molecule has 4 N–H and O–H groups in total. The Morgan fingerprint density at radius 3 is 2.19 bits per heavy atom. The third kappa shape index (κ3) is 4.88. The largest absolute Gasteiger partial charge is 0.369 e. The summed E-state index contributed by atoms with van der Waals surface area (Å²) in [6.07, 6.45) is 2.25. The van der Waals surface area contributed by atoms with E-state index in [1.165, 1.54) is 11.8 Å². The van der Waals surface area contributed by atoms with Crippen molar-refractivity contribution in [1.29, 1.82) is 0 Å². The van der Waals surface area contributed by atoms with Crippen LogP contribution in [-0.2, 0) is 9.59 Å². The third-order valence-electron chi connectivity index (χ3n) is 2.64. The van der Waals surface area contributed by atoms with Crippen molar-refractivity contribution in [1.82, 2.24) is 0 Å². The molecule has 0 fully saturated rings. The Hall–Kier alpha value is -0.710. The molecule has 0 saturated carbocycles. The van der Waals surface area contributed by atoms with Gasteiger partial charge in [0.2, 0.25) is 11.8 Å². The maximum Gasteiger partial charge on any atom is 0.233 e. The number of carbonyl (C=O) groups is 2. The van der Waals surface area contributed by atoms with Crippen molar-refractivity contribution in [3.63, 3.8) is 0 Å². The van der Waals surface area contributed by atoms with Crippen molar-refractivity contribution in [2.45, 2.75) is 44.8 Å². The molecule has 0 aromatic carbocycles. The van der Waals surface area contributed by atoms with E-state index in [4.69, 9.17) is 11.5 Å². The van der Waals surface area contributed by atoms with Crippen molar-refractivity contribution >= 4 is 23.6 Å². The number of hydrogen-bond donors (Lipinski definition) is 2. The Balaban J connectivity index is 4.57. The van der Waals surface area contributed by atoms with Gasteiger partial charge in [-0.1, -0.05) is 20.8 Å². The lowest BCUT2D eigenvalue weighted by atomic mass is 9.94. The fourth-order valence-corrected chi connectivity index (χ4v) is 2.48. The van der Waals surface area contributed by atoms with E-state index in [1.54, 1.807) is 0 Å². The molecule has 4 nitrogen and oxygen atoms in total. The van der Waals surface area contributed by atoms with Crippen LogP contribution in [0.5, 0.6) is 0 Å². The first-order valence-corrected chi connectivity index (χ1v) is 6.54. The maximum absolute atomic E-state index is 11.5. The average molecular weight is 246 g/mol. The van der Waals surface area contributed by atoms with Gasteiger partial charge in [0.25, 0.3) is 0 Å². The quantitative estimate of drug-likeness (QED) is 0.676. The molecule has 0 aromatic rings. The highest BCUT2D eigenvalue weighted by Crippen LogP contribution is 2.34. The highest BCUT2D eigenvalue weighted by Gasteiger charge is 2.35. The summed E-state index contributed by atoms with van der Waals surface area (Å²) >= 11 is 1.28. The molecule has 0 heterocycles. The number of rotatable bonds is 8. The summed E-state index contributed by atoms with van der Waals surface area (Å²) in [7, 11) is 0. The second-order valence-corrected chi connectivity index (χ2v) is 5.76. The first-order chi connectivity index (χ1) is 7.34. The molecular weight excluding hydrogens is 224 g/mol. The summed E-state index contributed by atoms with van der Waals surface area (Å²) in [5.41, 5.74) is 10.5. The molecule has 5 heteroatoms. The number of hydrogen-bond acceptors (Lipinski definition) is 3. The van der Waals surface area contributed by atoms with Gasteiger partial charge in [0.15, 0.2) is 0 Å². The van der Waals surface area contributed by atoms with E-state index in [2.05, 4.69) is 13.8 Å². The van der Waals surface area contributed by atoms with Crippen LogP contribution in [0.1, 0.15) is 40.0 Å². The number of carbonyl (C=O) groups excluding carboxylic acids is 2. The summed E-state index contributed by atoms with van der Waals surface area (Å²) < 4.78 is -0.640. The van der Waals surface area contributed by atoms with E-state index in [9.17, 15) is 9.59 Å². The number of thioether (sulfide) groups is 1. The Morgan fingerprint density at radius 2 is 1.88 bits per heavy atom. The van der Waals surface area contributed by atoms with Crippen LogP contribution in [0.15, 0.2) is 0 Å². The summed E-state index contributed by atoms with van der Waals surface area (Å²) in [6, 6.07) is 0. The Morgan fingerprint density at radius 1 is 1.31 bits per heavy atom. The summed E-state index contributed by atoms with van der Waals surface area (Å²) in [6.45, 7) is 6.11. The van der Waals surface area contributed by atoms with Gasteiger partial charge in [-0.25, -0.2) is 0 Å². The summed E-state index contributed by atoms with van der Waals surface area (Å²) in [5.74, 6) is -0.0931. The molecule has 0 saturated heterocycles. The van der Waals surface area contributed by atoms with Crippen molar-refractivity contribution in [2.75, 3.05) is 5.75 Å². The molecule has 0 spiro atoms. The molecule has 0 rings (SSSR count). The van der Waals surface area contributed by atoms with E-state index in [0.29, 0.717) is 18.8 Å². The third-order valence-corrected chi connectivity index (χ3v) is 4.31. The number of nitrogens with two attached hydrogens (primary N) is 2. The topological polar surface area (TPSA) is 86.2 Å². The minimum absolute atomic E-state index is 0.148. The van der Waals surface area contributed by atoms with Gasteiger partial charge in [0.05, 0.1) is 10.5 Å². The van der Waals surface area contributed by atoms with E-state index in [0.717, 1.165) is 6.42 Å². The average Bonchev–Trinajstić information content (AvgIpc) is 2.17. The zero-order chi connectivity index (χ0) is 12.8. The highest BCUT2D eigenvalue weighted by atomic mass is 32.2. The first-order valence-electron chi connectivity index (χ1n) is 5.56. The van der Waals surface area contributed by atoms with E-state index in [1.807, 2.05) is 6.92 Å². The second kappa shape index (κ2) is 6.78. The van der Waals surface area contributed by atoms with E-state index < -0.39 is 10.7 Å². The monoisotopic (exact) mass is 246 g/mol. The molecule has 0 unspecified atom stereocenters. The van der Waals surface area contributed by atoms with Crippen molar-refractivity contribution in [2.24, 2.45) is 17.4 Å². The Bertz CT molecular complexity index is 256. The molecular formula is C11H22N2O2S. The number of amides is 2. The van der Waals surface area contributed by atoms with Crippen molar-refractivity contribution < 1.29 is 9.59 Å². The van der Waals surface area contributed by atoms with Gasteiger partial charge in [0.1, 0.15) is 0 Å². The van der Waals surface area contributed by atoms with Gasteiger partial charge < -0.3 is 11.5 Å². The van der Waals surface area contributed by atoms with Crippen LogP contribution in [0.4, 0.5) is 0 Å².